The van der Waals surface area contributed by atoms with Crippen LogP contribution in [-0.4, -0.2) is 49.5 Å². The van der Waals surface area contributed by atoms with Gasteiger partial charge in [-0.1, -0.05) is 24.6 Å². The first-order valence-corrected chi connectivity index (χ1v) is 11.1. The van der Waals surface area contributed by atoms with Crippen molar-refractivity contribution in [3.8, 4) is 5.75 Å². The Kier molecular flexibility index (Phi) is 7.80. The lowest BCUT2D eigenvalue weighted by molar-refractivity contribution is -0.131. The Hall–Kier alpha value is -2.73. The van der Waals surface area contributed by atoms with Crippen LogP contribution in [0.25, 0.3) is 0 Å². The van der Waals surface area contributed by atoms with E-state index in [9.17, 15) is 9.59 Å². The molecule has 1 heterocycles. The summed E-state index contributed by atoms with van der Waals surface area (Å²) in [4.78, 5) is 28.4. The molecule has 31 heavy (non-hydrogen) atoms. The molecule has 1 fully saturated rings. The zero-order valence-corrected chi connectivity index (χ0v) is 19.2. The van der Waals surface area contributed by atoms with E-state index >= 15 is 0 Å². The lowest BCUT2D eigenvalue weighted by Crippen LogP contribution is -2.48. The SMILES string of the molecule is CCCC(=O)N1CCN(c2ccc(NC(=O)COc3ccc(C)c(C)c3)cc2Cl)CC1. The quantitative estimate of drug-likeness (QED) is 0.687. The Labute approximate surface area is 189 Å². The van der Waals surface area contributed by atoms with Gasteiger partial charge in [0.25, 0.3) is 5.91 Å². The Morgan fingerprint density at radius 3 is 2.42 bits per heavy atom. The van der Waals surface area contributed by atoms with Gasteiger partial charge in [0.1, 0.15) is 5.75 Å². The number of halogens is 1. The smallest absolute Gasteiger partial charge is 0.262 e. The molecule has 1 aliphatic rings. The number of carbonyl (C=O) groups is 2. The van der Waals surface area contributed by atoms with Crippen molar-refractivity contribution in [1.82, 2.24) is 4.90 Å². The van der Waals surface area contributed by atoms with Crippen LogP contribution in [-0.2, 0) is 9.59 Å². The van der Waals surface area contributed by atoms with Gasteiger partial charge in [-0.05, 0) is 61.7 Å². The number of rotatable bonds is 7. The predicted octanol–water partition coefficient (Wildman–Crippen LogP) is 4.42. The number of hydrogen-bond donors (Lipinski definition) is 1. The highest BCUT2D eigenvalue weighted by Crippen LogP contribution is 2.30. The number of aryl methyl sites for hydroxylation is 2. The Morgan fingerprint density at radius 1 is 1.03 bits per heavy atom. The highest BCUT2D eigenvalue weighted by atomic mass is 35.5. The van der Waals surface area contributed by atoms with E-state index in [4.69, 9.17) is 16.3 Å². The van der Waals surface area contributed by atoms with Crippen LogP contribution in [0.4, 0.5) is 11.4 Å². The molecule has 0 saturated carbocycles. The zero-order chi connectivity index (χ0) is 22.4. The Morgan fingerprint density at radius 2 is 1.77 bits per heavy atom. The molecule has 0 atom stereocenters. The van der Waals surface area contributed by atoms with Gasteiger partial charge in [-0.15, -0.1) is 0 Å². The van der Waals surface area contributed by atoms with Crippen LogP contribution in [0.3, 0.4) is 0 Å². The fourth-order valence-corrected chi connectivity index (χ4v) is 3.86. The normalized spacial score (nSPS) is 13.8. The molecule has 2 aromatic carbocycles. The van der Waals surface area contributed by atoms with Crippen LogP contribution >= 0.6 is 11.6 Å². The zero-order valence-electron chi connectivity index (χ0n) is 18.4. The molecular weight excluding hydrogens is 414 g/mol. The third kappa shape index (κ3) is 6.14. The molecule has 0 spiro atoms. The molecule has 7 heteroatoms. The number of nitrogens with one attached hydrogen (secondary N) is 1. The molecular formula is C24H30ClN3O3. The lowest BCUT2D eigenvalue weighted by atomic mass is 10.1. The molecule has 0 radical (unpaired) electrons. The van der Waals surface area contributed by atoms with Crippen LogP contribution in [0.5, 0.6) is 5.75 Å². The molecule has 2 amide bonds. The molecule has 0 aromatic heterocycles. The van der Waals surface area contributed by atoms with Gasteiger partial charge in [0, 0.05) is 38.3 Å². The standard InChI is InChI=1S/C24H30ClN3O3/c1-4-5-24(30)28-12-10-27(11-13-28)22-9-7-19(15-21(22)25)26-23(29)16-31-20-8-6-17(2)18(3)14-20/h6-9,14-15H,4-5,10-13,16H2,1-3H3,(H,26,29). The van der Waals surface area contributed by atoms with E-state index in [2.05, 4.69) is 10.2 Å². The maximum Gasteiger partial charge on any atom is 0.262 e. The van der Waals surface area contributed by atoms with Crippen molar-refractivity contribution in [2.45, 2.75) is 33.6 Å². The van der Waals surface area contributed by atoms with Gasteiger partial charge in [-0.3, -0.25) is 9.59 Å². The summed E-state index contributed by atoms with van der Waals surface area (Å²) in [5.74, 6) is 0.641. The van der Waals surface area contributed by atoms with Crippen molar-refractivity contribution in [3.63, 3.8) is 0 Å². The number of anilines is 2. The van der Waals surface area contributed by atoms with Gasteiger partial charge in [0.15, 0.2) is 6.61 Å². The van der Waals surface area contributed by atoms with Crippen molar-refractivity contribution >= 4 is 34.8 Å². The molecule has 1 N–H and O–H groups in total. The molecule has 166 valence electrons. The largest absolute Gasteiger partial charge is 0.484 e. The highest BCUT2D eigenvalue weighted by Gasteiger charge is 2.22. The lowest BCUT2D eigenvalue weighted by Gasteiger charge is -2.36. The van der Waals surface area contributed by atoms with Crippen molar-refractivity contribution in [2.24, 2.45) is 0 Å². The third-order valence-electron chi connectivity index (χ3n) is 5.52. The fraction of sp³-hybridized carbons (Fsp3) is 0.417. The first kappa shape index (κ1) is 22.9. The number of benzene rings is 2. The molecule has 3 rings (SSSR count). The highest BCUT2D eigenvalue weighted by molar-refractivity contribution is 6.33. The predicted molar refractivity (Wildman–Crippen MR) is 125 cm³/mol. The van der Waals surface area contributed by atoms with Crippen LogP contribution in [0.1, 0.15) is 30.9 Å². The van der Waals surface area contributed by atoms with Crippen LogP contribution < -0.4 is 15.0 Å². The number of ether oxygens (including phenoxy) is 1. The topological polar surface area (TPSA) is 61.9 Å². The minimum Gasteiger partial charge on any atom is -0.484 e. The third-order valence-corrected chi connectivity index (χ3v) is 5.82. The average molecular weight is 444 g/mol. The number of carbonyl (C=O) groups excluding carboxylic acids is 2. The summed E-state index contributed by atoms with van der Waals surface area (Å²) < 4.78 is 5.59. The molecule has 0 unspecified atom stereocenters. The maximum absolute atomic E-state index is 12.3. The second-order valence-electron chi connectivity index (χ2n) is 7.87. The number of amides is 2. The molecule has 0 bridgehead atoms. The summed E-state index contributed by atoms with van der Waals surface area (Å²) in [7, 11) is 0. The number of hydrogen-bond acceptors (Lipinski definition) is 4. The van der Waals surface area contributed by atoms with Crippen LogP contribution in [0.2, 0.25) is 5.02 Å². The second-order valence-corrected chi connectivity index (χ2v) is 8.27. The number of piperazine rings is 1. The van der Waals surface area contributed by atoms with E-state index in [1.54, 1.807) is 6.07 Å². The minimum absolute atomic E-state index is 0.0738. The monoisotopic (exact) mass is 443 g/mol. The van der Waals surface area contributed by atoms with Gasteiger partial charge in [0.2, 0.25) is 5.91 Å². The second kappa shape index (κ2) is 10.5. The summed E-state index contributed by atoms with van der Waals surface area (Å²) in [6.45, 7) is 8.86. The van der Waals surface area contributed by atoms with Crippen molar-refractivity contribution in [1.29, 1.82) is 0 Å². The minimum atomic E-state index is -0.245. The summed E-state index contributed by atoms with van der Waals surface area (Å²) in [6, 6.07) is 11.2. The summed E-state index contributed by atoms with van der Waals surface area (Å²) >= 11 is 6.50. The van der Waals surface area contributed by atoms with Crippen molar-refractivity contribution in [2.75, 3.05) is 43.0 Å². The molecule has 6 nitrogen and oxygen atoms in total. The molecule has 2 aromatic rings. The van der Waals surface area contributed by atoms with Crippen molar-refractivity contribution in [3.05, 3.63) is 52.5 Å². The Bertz CT molecular complexity index is 940. The van der Waals surface area contributed by atoms with Gasteiger partial charge in [-0.25, -0.2) is 0 Å². The molecule has 1 aliphatic heterocycles. The van der Waals surface area contributed by atoms with E-state index in [-0.39, 0.29) is 18.4 Å². The van der Waals surface area contributed by atoms with E-state index in [1.165, 1.54) is 5.56 Å². The van der Waals surface area contributed by atoms with Gasteiger partial charge in [-0.2, -0.15) is 0 Å². The molecule has 0 aliphatic carbocycles. The first-order valence-electron chi connectivity index (χ1n) is 10.7. The fourth-order valence-electron chi connectivity index (χ4n) is 3.56. The van der Waals surface area contributed by atoms with Gasteiger partial charge >= 0.3 is 0 Å². The van der Waals surface area contributed by atoms with E-state index in [1.807, 2.05) is 56.0 Å². The van der Waals surface area contributed by atoms with E-state index in [0.717, 1.165) is 30.8 Å². The summed E-state index contributed by atoms with van der Waals surface area (Å²) in [5, 5.41) is 3.40. The first-order chi connectivity index (χ1) is 14.9. The van der Waals surface area contributed by atoms with Gasteiger partial charge < -0.3 is 19.9 Å². The average Bonchev–Trinajstić information content (AvgIpc) is 2.75. The van der Waals surface area contributed by atoms with Crippen LogP contribution in [0.15, 0.2) is 36.4 Å². The van der Waals surface area contributed by atoms with E-state index < -0.39 is 0 Å². The number of nitrogens with zero attached hydrogens (tertiary/aromatic N) is 2. The van der Waals surface area contributed by atoms with Crippen molar-refractivity contribution < 1.29 is 14.3 Å². The van der Waals surface area contributed by atoms with Crippen LogP contribution in [0, 0.1) is 13.8 Å². The molecule has 1 saturated heterocycles. The Balaban J connectivity index is 1.52. The van der Waals surface area contributed by atoms with Gasteiger partial charge in [0.05, 0.1) is 10.7 Å². The summed E-state index contributed by atoms with van der Waals surface area (Å²) in [5.41, 5.74) is 3.84. The maximum atomic E-state index is 12.3. The van der Waals surface area contributed by atoms with E-state index in [0.29, 0.717) is 36.0 Å². The summed E-state index contributed by atoms with van der Waals surface area (Å²) in [6.07, 6.45) is 1.47.